The molecule has 6 nitrogen and oxygen atoms in total. The van der Waals surface area contributed by atoms with Gasteiger partial charge in [-0.2, -0.15) is 5.10 Å². The molecule has 2 aliphatic rings. The van der Waals surface area contributed by atoms with E-state index in [0.717, 1.165) is 68.0 Å². The van der Waals surface area contributed by atoms with Crippen molar-refractivity contribution < 1.29 is 9.90 Å². The number of benzene rings is 1. The summed E-state index contributed by atoms with van der Waals surface area (Å²) in [6.45, 7) is 1.08. The Morgan fingerprint density at radius 2 is 2.10 bits per heavy atom. The second-order valence-electron chi connectivity index (χ2n) is 8.39. The average Bonchev–Trinajstić information content (AvgIpc) is 3.30. The minimum absolute atomic E-state index is 0.170. The van der Waals surface area contributed by atoms with Gasteiger partial charge in [-0.15, -0.1) is 0 Å². The summed E-state index contributed by atoms with van der Waals surface area (Å²) in [6, 6.07) is 8.76. The normalized spacial score (nSPS) is 18.7. The van der Waals surface area contributed by atoms with E-state index in [-0.39, 0.29) is 18.6 Å². The van der Waals surface area contributed by atoms with E-state index < -0.39 is 0 Å². The zero-order valence-corrected chi connectivity index (χ0v) is 16.7. The summed E-state index contributed by atoms with van der Waals surface area (Å²) in [5.41, 5.74) is 4.40. The largest absolute Gasteiger partial charge is 0.396 e. The Hall–Kier alpha value is -2.60. The van der Waals surface area contributed by atoms with E-state index in [2.05, 4.69) is 38.0 Å². The summed E-state index contributed by atoms with van der Waals surface area (Å²) >= 11 is 0. The van der Waals surface area contributed by atoms with Gasteiger partial charge in [-0.25, -0.2) is 0 Å². The fourth-order valence-corrected chi connectivity index (χ4v) is 4.75. The quantitative estimate of drug-likeness (QED) is 0.606. The molecule has 6 heteroatoms. The minimum Gasteiger partial charge on any atom is -0.396 e. The Labute approximate surface area is 170 Å². The third kappa shape index (κ3) is 3.46. The number of unbranched alkanes of at least 4 members (excludes halogenated alkanes) is 1. The highest BCUT2D eigenvalue weighted by molar-refractivity contribution is 6.07. The molecule has 2 aliphatic carbocycles. The van der Waals surface area contributed by atoms with Gasteiger partial charge in [0.05, 0.1) is 6.20 Å². The molecule has 0 aliphatic heterocycles. The van der Waals surface area contributed by atoms with Gasteiger partial charge in [0.15, 0.2) is 0 Å². The summed E-state index contributed by atoms with van der Waals surface area (Å²) in [6.07, 6.45) is 10.8. The molecule has 1 atom stereocenters. The Balaban J connectivity index is 1.43. The number of carbonyl (C=O) groups is 1. The minimum atomic E-state index is 0.170. The molecule has 0 saturated heterocycles. The average molecular weight is 393 g/mol. The van der Waals surface area contributed by atoms with Crippen LogP contribution in [0.5, 0.6) is 0 Å². The zero-order chi connectivity index (χ0) is 19.8. The Kier molecular flexibility index (Phi) is 4.87. The first kappa shape index (κ1) is 18.4. The van der Waals surface area contributed by atoms with Crippen LogP contribution in [0.2, 0.25) is 0 Å². The van der Waals surface area contributed by atoms with Gasteiger partial charge in [0, 0.05) is 53.6 Å². The van der Waals surface area contributed by atoms with Gasteiger partial charge in [0.1, 0.15) is 0 Å². The fourth-order valence-electron chi connectivity index (χ4n) is 4.75. The van der Waals surface area contributed by atoms with Crippen molar-refractivity contribution in [3.8, 4) is 0 Å². The molecule has 0 spiro atoms. The monoisotopic (exact) mass is 392 g/mol. The first-order valence-corrected chi connectivity index (χ1v) is 10.8. The summed E-state index contributed by atoms with van der Waals surface area (Å²) in [5, 5.41) is 17.4. The Morgan fingerprint density at radius 3 is 2.93 bits per heavy atom. The number of fused-ring (bicyclic) bond motifs is 2. The van der Waals surface area contributed by atoms with E-state index in [0.29, 0.717) is 6.04 Å². The highest BCUT2D eigenvalue weighted by Gasteiger charge is 2.39. The third-order valence-corrected chi connectivity index (χ3v) is 6.41. The van der Waals surface area contributed by atoms with Crippen molar-refractivity contribution in [2.75, 3.05) is 6.61 Å². The van der Waals surface area contributed by atoms with Crippen LogP contribution in [-0.4, -0.2) is 49.4 Å². The van der Waals surface area contributed by atoms with Crippen LogP contribution in [0.25, 0.3) is 10.9 Å². The van der Waals surface area contributed by atoms with Gasteiger partial charge >= 0.3 is 0 Å². The molecule has 2 aromatic heterocycles. The number of rotatable bonds is 7. The molecule has 5 rings (SSSR count). The lowest BCUT2D eigenvalue weighted by atomic mass is 9.91. The van der Waals surface area contributed by atoms with Crippen LogP contribution in [0.3, 0.4) is 0 Å². The predicted molar refractivity (Wildman–Crippen MR) is 112 cm³/mol. The Morgan fingerprint density at radius 1 is 1.21 bits per heavy atom. The van der Waals surface area contributed by atoms with Crippen LogP contribution in [0.1, 0.15) is 53.7 Å². The van der Waals surface area contributed by atoms with Crippen LogP contribution in [-0.2, 0) is 19.4 Å². The van der Waals surface area contributed by atoms with E-state index in [1.165, 1.54) is 11.3 Å². The number of hydrogen-bond donors (Lipinski definition) is 2. The maximum atomic E-state index is 13.7. The molecule has 152 valence electrons. The van der Waals surface area contributed by atoms with Crippen LogP contribution in [0.15, 0.2) is 36.7 Å². The molecule has 0 radical (unpaired) electrons. The van der Waals surface area contributed by atoms with E-state index in [4.69, 9.17) is 5.11 Å². The summed E-state index contributed by atoms with van der Waals surface area (Å²) < 4.78 is 2.20. The summed E-state index contributed by atoms with van der Waals surface area (Å²) in [5.74, 6) is 0.170. The summed E-state index contributed by atoms with van der Waals surface area (Å²) in [7, 11) is 0. The molecule has 3 aromatic rings. The predicted octanol–water partition coefficient (Wildman–Crippen LogP) is 3.30. The number of nitrogens with zero attached hydrogens (tertiary/aromatic N) is 3. The van der Waals surface area contributed by atoms with Crippen molar-refractivity contribution in [2.24, 2.45) is 0 Å². The SMILES string of the molecule is O=C(c1cccc2c1ccn2CCCCO)N(C1CC1)C1CCc2[nH]ncc2C1. The number of aliphatic hydroxyl groups is 1. The lowest BCUT2D eigenvalue weighted by Gasteiger charge is -2.34. The van der Waals surface area contributed by atoms with Crippen molar-refractivity contribution in [3.05, 3.63) is 53.5 Å². The van der Waals surface area contributed by atoms with Gasteiger partial charge in [0.25, 0.3) is 5.91 Å². The number of aromatic amines is 1. The number of aromatic nitrogens is 3. The topological polar surface area (TPSA) is 74.2 Å². The lowest BCUT2D eigenvalue weighted by molar-refractivity contribution is 0.0645. The third-order valence-electron chi connectivity index (χ3n) is 6.41. The first-order valence-electron chi connectivity index (χ1n) is 10.8. The molecule has 1 amide bonds. The van der Waals surface area contributed by atoms with Crippen LogP contribution in [0, 0.1) is 0 Å². The highest BCUT2D eigenvalue weighted by Crippen LogP contribution is 2.35. The van der Waals surface area contributed by atoms with Crippen molar-refractivity contribution in [1.29, 1.82) is 0 Å². The van der Waals surface area contributed by atoms with E-state index in [9.17, 15) is 4.79 Å². The van der Waals surface area contributed by atoms with Crippen molar-refractivity contribution >= 4 is 16.8 Å². The van der Waals surface area contributed by atoms with Crippen molar-refractivity contribution in [2.45, 2.75) is 63.6 Å². The molecule has 1 fully saturated rings. The molecule has 1 unspecified atom stereocenters. The van der Waals surface area contributed by atoms with Crippen molar-refractivity contribution in [1.82, 2.24) is 19.7 Å². The van der Waals surface area contributed by atoms with Crippen LogP contribution >= 0.6 is 0 Å². The van der Waals surface area contributed by atoms with E-state index in [1.54, 1.807) is 0 Å². The van der Waals surface area contributed by atoms with Gasteiger partial charge in [-0.3, -0.25) is 9.89 Å². The van der Waals surface area contributed by atoms with Gasteiger partial charge in [-0.1, -0.05) is 6.07 Å². The number of aliphatic hydroxyl groups excluding tert-OH is 1. The number of H-pyrrole nitrogens is 1. The van der Waals surface area contributed by atoms with Gasteiger partial charge in [0.2, 0.25) is 0 Å². The Bertz CT molecular complexity index is 1020. The van der Waals surface area contributed by atoms with Crippen LogP contribution in [0.4, 0.5) is 0 Å². The maximum absolute atomic E-state index is 13.7. The van der Waals surface area contributed by atoms with E-state index in [1.807, 2.05) is 18.3 Å². The molecule has 2 heterocycles. The molecule has 29 heavy (non-hydrogen) atoms. The molecule has 1 saturated carbocycles. The first-order chi connectivity index (χ1) is 14.3. The molecule has 1 aromatic carbocycles. The zero-order valence-electron chi connectivity index (χ0n) is 16.7. The molecular weight excluding hydrogens is 364 g/mol. The molecule has 2 N–H and O–H groups in total. The number of amides is 1. The lowest BCUT2D eigenvalue weighted by Crippen LogP contribution is -2.44. The maximum Gasteiger partial charge on any atom is 0.255 e. The molecule has 0 bridgehead atoms. The number of hydrogen-bond acceptors (Lipinski definition) is 3. The van der Waals surface area contributed by atoms with Gasteiger partial charge < -0.3 is 14.6 Å². The fraction of sp³-hybridized carbons (Fsp3) is 0.478. The summed E-state index contributed by atoms with van der Waals surface area (Å²) in [4.78, 5) is 15.9. The second kappa shape index (κ2) is 7.67. The molecular formula is C23H28N4O2. The van der Waals surface area contributed by atoms with Crippen LogP contribution < -0.4 is 0 Å². The number of carbonyl (C=O) groups excluding carboxylic acids is 1. The number of nitrogens with one attached hydrogen (secondary N) is 1. The van der Waals surface area contributed by atoms with Crippen molar-refractivity contribution in [3.63, 3.8) is 0 Å². The highest BCUT2D eigenvalue weighted by atomic mass is 16.2. The van der Waals surface area contributed by atoms with Gasteiger partial charge in [-0.05, 0) is 68.7 Å². The standard InChI is InChI=1S/C23H28N4O2/c28-13-2-1-11-26-12-10-19-20(4-3-5-22(19)26)23(29)27(17-6-7-17)18-8-9-21-16(14-18)15-24-25-21/h3-5,10,12,15,17-18,28H,1-2,6-9,11,13-14H2,(H,24,25). The number of aryl methyl sites for hydroxylation is 2. The second-order valence-corrected chi connectivity index (χ2v) is 8.39. The van der Waals surface area contributed by atoms with E-state index >= 15 is 0 Å². The smallest absolute Gasteiger partial charge is 0.255 e.